The van der Waals surface area contributed by atoms with Crippen LogP contribution < -0.4 is 10.5 Å². The van der Waals surface area contributed by atoms with Gasteiger partial charge in [0.1, 0.15) is 0 Å². The average molecular weight is 306 g/mol. The Labute approximate surface area is 131 Å². The van der Waals surface area contributed by atoms with Gasteiger partial charge >= 0.3 is 0 Å². The minimum absolute atomic E-state index is 0.0995. The van der Waals surface area contributed by atoms with Crippen molar-refractivity contribution < 1.29 is 4.21 Å². The first-order chi connectivity index (χ1) is 9.71. The average Bonchev–Trinajstić information content (AvgIpc) is 2.38. The summed E-state index contributed by atoms with van der Waals surface area (Å²) in [6.45, 7) is 10.1. The first kappa shape index (κ1) is 17.7. The van der Waals surface area contributed by atoms with Crippen molar-refractivity contribution in [1.29, 1.82) is 0 Å². The van der Waals surface area contributed by atoms with Crippen molar-refractivity contribution in [3.05, 3.63) is 29.8 Å². The maximum atomic E-state index is 12.2. The zero-order valence-corrected chi connectivity index (χ0v) is 14.4. The van der Waals surface area contributed by atoms with E-state index in [2.05, 4.69) is 30.4 Å². The summed E-state index contributed by atoms with van der Waals surface area (Å²) in [5, 5.41) is 0. The quantitative estimate of drug-likeness (QED) is 0.663. The van der Waals surface area contributed by atoms with E-state index in [1.165, 1.54) is 0 Å². The Morgan fingerprint density at radius 3 is 2.43 bits per heavy atom. The van der Waals surface area contributed by atoms with Gasteiger partial charge in [-0.15, -0.1) is 0 Å². The van der Waals surface area contributed by atoms with Crippen LogP contribution in [0.5, 0.6) is 0 Å². The maximum Gasteiger partial charge on any atom is 0.0973 e. The molecule has 0 spiro atoms. The lowest BCUT2D eigenvalue weighted by Crippen LogP contribution is -2.42. The van der Waals surface area contributed by atoms with E-state index in [0.29, 0.717) is 18.0 Å². The van der Waals surface area contributed by atoms with Gasteiger partial charge in [-0.3, -0.25) is 0 Å². The number of para-hydroxylation sites is 1. The third-order valence-corrected chi connectivity index (χ3v) is 4.75. The molecule has 0 radical (unpaired) electrons. The fraction of sp³-hybridized carbons (Fsp3) is 0.529. The molecule has 0 aliphatic heterocycles. The van der Waals surface area contributed by atoms with Crippen molar-refractivity contribution in [2.45, 2.75) is 51.8 Å². The van der Waals surface area contributed by atoms with Crippen LogP contribution in [-0.4, -0.2) is 15.0 Å². The Morgan fingerprint density at radius 1 is 1.29 bits per heavy atom. The maximum absolute atomic E-state index is 12.2. The first-order valence-corrected chi connectivity index (χ1v) is 8.38. The Hall–Kier alpha value is -1.31. The van der Waals surface area contributed by atoms with Crippen molar-refractivity contribution >= 4 is 16.7 Å². The predicted octanol–water partition coefficient (Wildman–Crippen LogP) is 3.09. The normalized spacial score (nSPS) is 14.4. The van der Waals surface area contributed by atoms with E-state index in [-0.39, 0.29) is 10.8 Å². The second kappa shape index (κ2) is 7.63. The van der Waals surface area contributed by atoms with Gasteiger partial charge in [-0.1, -0.05) is 37.8 Å². The number of nitrogens with one attached hydrogen (secondary N) is 1. The van der Waals surface area contributed by atoms with Crippen LogP contribution in [-0.2, 0) is 11.0 Å². The van der Waals surface area contributed by atoms with Gasteiger partial charge in [0.15, 0.2) is 0 Å². The highest BCUT2D eigenvalue weighted by atomic mass is 32.2. The molecule has 3 N–H and O–H groups in total. The van der Waals surface area contributed by atoms with Crippen LogP contribution in [0.3, 0.4) is 0 Å². The van der Waals surface area contributed by atoms with Crippen LogP contribution in [0.25, 0.3) is 0 Å². The largest absolute Gasteiger partial charge is 0.398 e. The summed E-state index contributed by atoms with van der Waals surface area (Å²) in [4.78, 5) is 0. The van der Waals surface area contributed by atoms with Crippen LogP contribution in [0, 0.1) is 17.8 Å². The highest BCUT2D eigenvalue weighted by Gasteiger charge is 2.23. The number of hydrogen-bond acceptors (Lipinski definition) is 2. The van der Waals surface area contributed by atoms with Gasteiger partial charge < -0.3 is 5.73 Å². The molecule has 0 bridgehead atoms. The molecule has 2 atom stereocenters. The Balaban J connectivity index is 2.74. The molecular weight excluding hydrogens is 280 g/mol. The van der Waals surface area contributed by atoms with Gasteiger partial charge in [0, 0.05) is 23.7 Å². The lowest BCUT2D eigenvalue weighted by Gasteiger charge is -2.25. The third kappa shape index (κ3) is 5.91. The second-order valence-corrected chi connectivity index (χ2v) is 8.44. The molecule has 0 aromatic heterocycles. The Kier molecular flexibility index (Phi) is 6.44. The van der Waals surface area contributed by atoms with Gasteiger partial charge in [0.2, 0.25) is 0 Å². The predicted molar refractivity (Wildman–Crippen MR) is 92.0 cm³/mol. The SMILES string of the molecule is CC(C)[C@H](CC#Cc1ccccc1N)NS(=O)C(C)(C)C. The summed E-state index contributed by atoms with van der Waals surface area (Å²) < 4.78 is 15.1. The smallest absolute Gasteiger partial charge is 0.0973 e. The molecule has 0 fully saturated rings. The number of anilines is 1. The Bertz CT molecular complexity index is 550. The summed E-state index contributed by atoms with van der Waals surface area (Å²) in [6, 6.07) is 7.67. The van der Waals surface area contributed by atoms with Gasteiger partial charge in [-0.2, -0.15) is 0 Å². The lowest BCUT2D eigenvalue weighted by molar-refractivity contribution is 0.464. The fourth-order valence-corrected chi connectivity index (χ4v) is 2.58. The van der Waals surface area contributed by atoms with Crippen LogP contribution in [0.15, 0.2) is 24.3 Å². The second-order valence-electron chi connectivity index (χ2n) is 6.44. The van der Waals surface area contributed by atoms with Crippen molar-refractivity contribution in [3.63, 3.8) is 0 Å². The number of nitrogens with two attached hydrogens (primary N) is 1. The molecule has 21 heavy (non-hydrogen) atoms. The monoisotopic (exact) mass is 306 g/mol. The minimum Gasteiger partial charge on any atom is -0.398 e. The fourth-order valence-electron chi connectivity index (χ4n) is 1.59. The van der Waals surface area contributed by atoms with E-state index in [1.54, 1.807) is 0 Å². The zero-order chi connectivity index (χ0) is 16.0. The molecule has 1 rings (SSSR count). The molecular formula is C17H26N2OS. The van der Waals surface area contributed by atoms with E-state index >= 15 is 0 Å². The molecule has 0 saturated carbocycles. The summed E-state index contributed by atoms with van der Waals surface area (Å²) in [5.74, 6) is 6.61. The van der Waals surface area contributed by atoms with Crippen LogP contribution >= 0.6 is 0 Å². The molecule has 0 saturated heterocycles. The first-order valence-electron chi connectivity index (χ1n) is 7.23. The number of benzene rings is 1. The lowest BCUT2D eigenvalue weighted by atomic mass is 10.0. The highest BCUT2D eigenvalue weighted by Crippen LogP contribution is 2.14. The van der Waals surface area contributed by atoms with Crippen molar-refractivity contribution in [3.8, 4) is 11.8 Å². The standard InChI is InChI=1S/C17H26N2OS/c1-13(2)16(19-21(20)17(3,4)5)12-8-10-14-9-6-7-11-15(14)18/h6-7,9,11,13,16,19H,12,18H2,1-5H3/t16-,21?/m0/s1. The van der Waals surface area contributed by atoms with E-state index < -0.39 is 11.0 Å². The molecule has 0 heterocycles. The van der Waals surface area contributed by atoms with Crippen molar-refractivity contribution in [2.24, 2.45) is 5.92 Å². The summed E-state index contributed by atoms with van der Waals surface area (Å²) in [7, 11) is -1.08. The molecule has 1 unspecified atom stereocenters. The van der Waals surface area contributed by atoms with Crippen LogP contribution in [0.4, 0.5) is 5.69 Å². The molecule has 3 nitrogen and oxygen atoms in total. The summed E-state index contributed by atoms with van der Waals surface area (Å²) in [6.07, 6.45) is 0.647. The van der Waals surface area contributed by atoms with Crippen LogP contribution in [0.1, 0.15) is 46.6 Å². The molecule has 116 valence electrons. The van der Waals surface area contributed by atoms with E-state index in [1.807, 2.05) is 45.0 Å². The topological polar surface area (TPSA) is 55.1 Å². The molecule has 0 aliphatic rings. The molecule has 0 aliphatic carbocycles. The Morgan fingerprint density at radius 2 is 1.90 bits per heavy atom. The van der Waals surface area contributed by atoms with E-state index in [9.17, 15) is 4.21 Å². The van der Waals surface area contributed by atoms with Gasteiger partial charge in [0.05, 0.1) is 15.7 Å². The minimum atomic E-state index is -1.08. The van der Waals surface area contributed by atoms with E-state index in [4.69, 9.17) is 5.73 Å². The van der Waals surface area contributed by atoms with Gasteiger partial charge in [0.25, 0.3) is 0 Å². The summed E-state index contributed by atoms with van der Waals surface area (Å²) >= 11 is 0. The summed E-state index contributed by atoms with van der Waals surface area (Å²) in [5.41, 5.74) is 7.40. The van der Waals surface area contributed by atoms with Crippen LogP contribution in [0.2, 0.25) is 0 Å². The molecule has 1 aromatic rings. The molecule has 4 heteroatoms. The highest BCUT2D eigenvalue weighted by molar-refractivity contribution is 7.84. The molecule has 0 amide bonds. The number of hydrogen-bond donors (Lipinski definition) is 2. The molecule has 1 aromatic carbocycles. The number of nitrogen functional groups attached to an aromatic ring is 1. The third-order valence-electron chi connectivity index (χ3n) is 3.13. The number of rotatable bonds is 4. The van der Waals surface area contributed by atoms with Crippen molar-refractivity contribution in [1.82, 2.24) is 4.72 Å². The van der Waals surface area contributed by atoms with Gasteiger partial charge in [-0.05, 0) is 38.8 Å². The van der Waals surface area contributed by atoms with E-state index in [0.717, 1.165) is 5.56 Å². The zero-order valence-electron chi connectivity index (χ0n) is 13.6. The van der Waals surface area contributed by atoms with Crippen molar-refractivity contribution in [2.75, 3.05) is 5.73 Å². The van der Waals surface area contributed by atoms with Gasteiger partial charge in [-0.25, -0.2) is 8.93 Å².